The normalized spacial score (nSPS) is 14.5. The van der Waals surface area contributed by atoms with E-state index in [0.29, 0.717) is 11.4 Å². The standard InChI is InChI=1S/C29H30BrF15N2O4/c1-2-3-4-5-6-7-8-18-13-46-22(47-14-18)19-9-11-21(12-10-19)49-16-20(30)15-48-17-23(31,32)50-28(42,43)29(44,45)51-27(40,41)25(35,36)24(33,34)26(37,38)39/h9-14,20H,2-8,15-17H2,1H3/t20-/m0/s1. The van der Waals surface area contributed by atoms with Gasteiger partial charge in [-0.2, -0.15) is 65.9 Å². The second-order valence-corrected chi connectivity index (χ2v) is 12.2. The number of alkyl halides is 16. The topological polar surface area (TPSA) is 62.7 Å². The van der Waals surface area contributed by atoms with Crippen LogP contribution in [-0.2, 0) is 20.6 Å². The number of aromatic nitrogens is 2. The number of halogens is 16. The Morgan fingerprint density at radius 2 is 1.18 bits per heavy atom. The maximum Gasteiger partial charge on any atom is 0.460 e. The van der Waals surface area contributed by atoms with Crippen molar-refractivity contribution < 1.29 is 84.8 Å². The maximum absolute atomic E-state index is 13.8. The molecule has 0 N–H and O–H groups in total. The predicted octanol–water partition coefficient (Wildman–Crippen LogP) is 10.4. The van der Waals surface area contributed by atoms with Crippen LogP contribution in [0.25, 0.3) is 11.4 Å². The Bertz CT molecular complexity index is 1350. The smallest absolute Gasteiger partial charge is 0.460 e. The zero-order chi connectivity index (χ0) is 38.9. The van der Waals surface area contributed by atoms with Crippen molar-refractivity contribution in [3.8, 4) is 17.1 Å². The molecule has 0 unspecified atom stereocenters. The Hall–Kier alpha value is -2.59. The minimum Gasteiger partial charge on any atom is -0.492 e. The number of ether oxygens (including phenoxy) is 4. The Kier molecular flexibility index (Phi) is 15.3. The second kappa shape index (κ2) is 17.5. The molecule has 0 bridgehead atoms. The summed E-state index contributed by atoms with van der Waals surface area (Å²) < 4.78 is 210. The molecule has 1 atom stereocenters. The van der Waals surface area contributed by atoms with Crippen LogP contribution in [0.2, 0.25) is 0 Å². The van der Waals surface area contributed by atoms with E-state index in [1.807, 2.05) is 0 Å². The number of hydrogen-bond donors (Lipinski definition) is 0. The quantitative estimate of drug-likeness (QED) is 0.0669. The Morgan fingerprint density at radius 1 is 0.647 bits per heavy atom. The number of aryl methyl sites for hydroxylation is 1. The molecule has 292 valence electrons. The molecule has 0 saturated heterocycles. The van der Waals surface area contributed by atoms with Gasteiger partial charge in [0.25, 0.3) is 0 Å². The van der Waals surface area contributed by atoms with Gasteiger partial charge >= 0.3 is 42.5 Å². The lowest BCUT2D eigenvalue weighted by Crippen LogP contribution is -2.64. The monoisotopic (exact) mass is 834 g/mol. The summed E-state index contributed by atoms with van der Waals surface area (Å²) in [6.45, 7) is -1.33. The number of benzene rings is 1. The van der Waals surface area contributed by atoms with Gasteiger partial charge in [-0.1, -0.05) is 55.0 Å². The highest BCUT2D eigenvalue weighted by atomic mass is 79.9. The first-order valence-corrected chi connectivity index (χ1v) is 15.7. The van der Waals surface area contributed by atoms with Gasteiger partial charge in [-0.05, 0) is 42.7 Å². The highest BCUT2D eigenvalue weighted by molar-refractivity contribution is 9.09. The van der Waals surface area contributed by atoms with E-state index in [4.69, 9.17) is 4.74 Å². The van der Waals surface area contributed by atoms with E-state index in [1.165, 1.54) is 31.4 Å². The maximum atomic E-state index is 13.8. The molecular formula is C29H30BrF15N2O4. The van der Waals surface area contributed by atoms with Crippen molar-refractivity contribution in [2.45, 2.75) is 99.2 Å². The van der Waals surface area contributed by atoms with Crippen molar-refractivity contribution in [3.63, 3.8) is 0 Å². The summed E-state index contributed by atoms with van der Waals surface area (Å²) in [6, 6.07) is 6.21. The lowest BCUT2D eigenvalue weighted by atomic mass is 10.1. The third-order valence-corrected chi connectivity index (χ3v) is 7.15. The molecule has 0 spiro atoms. The number of nitrogens with zero attached hydrogens (tertiary/aromatic N) is 2. The van der Waals surface area contributed by atoms with Crippen molar-refractivity contribution in [2.24, 2.45) is 0 Å². The molecule has 0 amide bonds. The highest BCUT2D eigenvalue weighted by Gasteiger charge is 2.85. The fourth-order valence-electron chi connectivity index (χ4n) is 3.90. The van der Waals surface area contributed by atoms with Gasteiger partial charge in [-0.3, -0.25) is 0 Å². The summed E-state index contributed by atoms with van der Waals surface area (Å²) in [7, 11) is 0. The van der Waals surface area contributed by atoms with Gasteiger partial charge in [0.15, 0.2) is 5.82 Å². The van der Waals surface area contributed by atoms with Crippen molar-refractivity contribution in [3.05, 3.63) is 42.2 Å². The van der Waals surface area contributed by atoms with E-state index in [9.17, 15) is 65.9 Å². The summed E-state index contributed by atoms with van der Waals surface area (Å²) in [5.74, 6) is -15.1. The minimum atomic E-state index is -7.92. The molecule has 0 aliphatic heterocycles. The zero-order valence-corrected chi connectivity index (χ0v) is 27.8. The summed E-state index contributed by atoms with van der Waals surface area (Å²) in [5, 5.41) is 0. The van der Waals surface area contributed by atoms with Gasteiger partial charge in [-0.15, -0.1) is 0 Å². The van der Waals surface area contributed by atoms with Gasteiger partial charge in [0.1, 0.15) is 19.0 Å². The molecule has 51 heavy (non-hydrogen) atoms. The largest absolute Gasteiger partial charge is 0.492 e. The van der Waals surface area contributed by atoms with Crippen molar-refractivity contribution >= 4 is 15.9 Å². The van der Waals surface area contributed by atoms with Gasteiger partial charge in [0.05, 0.1) is 11.4 Å². The van der Waals surface area contributed by atoms with Gasteiger partial charge < -0.3 is 9.47 Å². The predicted molar refractivity (Wildman–Crippen MR) is 151 cm³/mol. The molecule has 0 fully saturated rings. The molecule has 1 aromatic heterocycles. The molecule has 2 rings (SSSR count). The molecule has 0 saturated carbocycles. The van der Waals surface area contributed by atoms with E-state index in [0.717, 1.165) is 31.2 Å². The summed E-state index contributed by atoms with van der Waals surface area (Å²) >= 11 is 2.93. The van der Waals surface area contributed by atoms with Crippen molar-refractivity contribution in [2.75, 3.05) is 19.8 Å². The van der Waals surface area contributed by atoms with Crippen molar-refractivity contribution in [1.29, 1.82) is 0 Å². The van der Waals surface area contributed by atoms with Crippen LogP contribution in [0, 0.1) is 0 Å². The number of unbranched alkanes of at least 4 members (excludes halogenated alkanes) is 5. The van der Waals surface area contributed by atoms with Gasteiger partial charge in [-0.25, -0.2) is 19.4 Å². The third kappa shape index (κ3) is 12.2. The van der Waals surface area contributed by atoms with Crippen LogP contribution >= 0.6 is 15.9 Å². The highest BCUT2D eigenvalue weighted by Crippen LogP contribution is 2.56. The Morgan fingerprint density at radius 3 is 1.73 bits per heavy atom. The van der Waals surface area contributed by atoms with Crippen LogP contribution in [0.1, 0.15) is 51.0 Å². The van der Waals surface area contributed by atoms with Crippen LogP contribution in [0.3, 0.4) is 0 Å². The van der Waals surface area contributed by atoms with Crippen LogP contribution in [0.5, 0.6) is 5.75 Å². The van der Waals surface area contributed by atoms with Crippen LogP contribution in [-0.4, -0.2) is 77.1 Å². The van der Waals surface area contributed by atoms with Gasteiger partial charge in [0, 0.05) is 18.0 Å². The van der Waals surface area contributed by atoms with E-state index in [-0.39, 0.29) is 12.4 Å². The average Bonchev–Trinajstić information content (AvgIpc) is 3.00. The zero-order valence-electron chi connectivity index (χ0n) is 26.2. The molecule has 1 heterocycles. The van der Waals surface area contributed by atoms with Crippen molar-refractivity contribution in [1.82, 2.24) is 9.97 Å². The molecular weight excluding hydrogens is 805 g/mol. The van der Waals surface area contributed by atoms with Crippen LogP contribution in [0.15, 0.2) is 36.7 Å². The Balaban J connectivity index is 1.85. The van der Waals surface area contributed by atoms with E-state index < -0.39 is 60.5 Å². The summed E-state index contributed by atoms with van der Waals surface area (Å²) in [5.41, 5.74) is 1.61. The molecule has 0 aliphatic carbocycles. The fraction of sp³-hybridized carbons (Fsp3) is 0.655. The molecule has 22 heteroatoms. The molecule has 1 aromatic carbocycles. The molecule has 2 aromatic rings. The summed E-state index contributed by atoms with van der Waals surface area (Å²) in [6.07, 6.45) is -24.0. The number of rotatable bonds is 22. The van der Waals surface area contributed by atoms with Gasteiger partial charge in [0.2, 0.25) is 0 Å². The van der Waals surface area contributed by atoms with Crippen LogP contribution in [0.4, 0.5) is 65.9 Å². The molecule has 0 aliphatic rings. The van der Waals surface area contributed by atoms with E-state index in [2.05, 4.69) is 42.3 Å². The molecule has 6 nitrogen and oxygen atoms in total. The lowest BCUT2D eigenvalue weighted by molar-refractivity contribution is -0.543. The number of hydrogen-bond acceptors (Lipinski definition) is 6. The third-order valence-electron chi connectivity index (χ3n) is 6.63. The Labute approximate surface area is 289 Å². The average molecular weight is 835 g/mol. The molecule has 0 radical (unpaired) electrons. The minimum absolute atomic E-state index is 0.244. The second-order valence-electron chi connectivity index (χ2n) is 10.9. The van der Waals surface area contributed by atoms with E-state index >= 15 is 0 Å². The SMILES string of the molecule is CCCCCCCCc1cnc(-c2ccc(OC[C@@H](Br)COCC(F)(F)OC(F)(F)C(F)(F)OC(F)(F)C(F)(F)C(F)(F)C(F)(F)F)cc2)nc1. The van der Waals surface area contributed by atoms with E-state index in [1.54, 1.807) is 29.3 Å². The fourth-order valence-corrected chi connectivity index (χ4v) is 4.22. The first kappa shape index (κ1) is 44.6. The van der Waals surface area contributed by atoms with Crippen LogP contribution < -0.4 is 4.74 Å². The first-order valence-electron chi connectivity index (χ1n) is 14.8. The lowest BCUT2D eigenvalue weighted by Gasteiger charge is -2.36. The summed E-state index contributed by atoms with van der Waals surface area (Å²) in [4.78, 5) is 7.69. The first-order chi connectivity index (χ1) is 23.3.